The summed E-state index contributed by atoms with van der Waals surface area (Å²) in [5.41, 5.74) is 0.817. The standard InChI is InChI=1S/C15H22ClNO2S/c16-10-14-8-4-5-9-15(14)11-17-20(18,19)12-13-6-2-1-3-7-13/h1-3,6-7,14-15,17H,4-5,8-12H2. The van der Waals surface area contributed by atoms with E-state index in [9.17, 15) is 8.42 Å². The Kier molecular flexibility index (Phi) is 5.87. The second kappa shape index (κ2) is 7.43. The minimum atomic E-state index is -3.26. The van der Waals surface area contributed by atoms with Crippen LogP contribution in [0.25, 0.3) is 0 Å². The Morgan fingerprint density at radius 3 is 2.40 bits per heavy atom. The molecule has 0 aliphatic heterocycles. The van der Waals surface area contributed by atoms with E-state index in [1.807, 2.05) is 30.3 Å². The molecule has 1 aromatic rings. The number of hydrogen-bond acceptors (Lipinski definition) is 2. The number of benzene rings is 1. The fourth-order valence-electron chi connectivity index (χ4n) is 2.84. The van der Waals surface area contributed by atoms with Crippen molar-refractivity contribution in [3.63, 3.8) is 0 Å². The Balaban J connectivity index is 1.88. The van der Waals surface area contributed by atoms with Gasteiger partial charge in [0.05, 0.1) is 5.75 Å². The van der Waals surface area contributed by atoms with Gasteiger partial charge in [-0.25, -0.2) is 13.1 Å². The van der Waals surface area contributed by atoms with Crippen LogP contribution in [0.1, 0.15) is 31.2 Å². The summed E-state index contributed by atoms with van der Waals surface area (Å²) in [6, 6.07) is 9.27. The monoisotopic (exact) mass is 315 g/mol. The molecule has 1 fully saturated rings. The van der Waals surface area contributed by atoms with Crippen molar-refractivity contribution in [2.45, 2.75) is 31.4 Å². The average molecular weight is 316 g/mol. The molecule has 1 aliphatic rings. The molecule has 0 bridgehead atoms. The van der Waals surface area contributed by atoms with E-state index in [0.717, 1.165) is 18.4 Å². The molecule has 112 valence electrons. The molecule has 2 atom stereocenters. The van der Waals surface area contributed by atoms with Crippen molar-refractivity contribution in [1.82, 2.24) is 4.72 Å². The molecular formula is C15H22ClNO2S. The zero-order valence-corrected chi connectivity index (χ0v) is 13.2. The van der Waals surface area contributed by atoms with Crippen molar-refractivity contribution < 1.29 is 8.42 Å². The zero-order valence-electron chi connectivity index (χ0n) is 11.6. The summed E-state index contributed by atoms with van der Waals surface area (Å²) < 4.78 is 26.9. The van der Waals surface area contributed by atoms with Crippen LogP contribution in [0, 0.1) is 11.8 Å². The first-order chi connectivity index (χ1) is 9.61. The molecule has 1 N–H and O–H groups in total. The second-order valence-corrected chi connectivity index (χ2v) is 7.67. The third-order valence-electron chi connectivity index (χ3n) is 4.03. The van der Waals surface area contributed by atoms with Crippen molar-refractivity contribution in [3.05, 3.63) is 35.9 Å². The van der Waals surface area contributed by atoms with Crippen molar-refractivity contribution in [2.75, 3.05) is 12.4 Å². The molecule has 2 rings (SSSR count). The van der Waals surface area contributed by atoms with Crippen LogP contribution >= 0.6 is 11.6 Å². The van der Waals surface area contributed by atoms with E-state index in [1.54, 1.807) is 0 Å². The van der Waals surface area contributed by atoms with Crippen molar-refractivity contribution in [3.8, 4) is 0 Å². The Morgan fingerprint density at radius 2 is 1.75 bits per heavy atom. The molecule has 0 spiro atoms. The fraction of sp³-hybridized carbons (Fsp3) is 0.600. The highest BCUT2D eigenvalue weighted by Crippen LogP contribution is 2.30. The van der Waals surface area contributed by atoms with Crippen LogP contribution < -0.4 is 4.72 Å². The van der Waals surface area contributed by atoms with Gasteiger partial charge < -0.3 is 0 Å². The molecule has 0 amide bonds. The number of nitrogens with one attached hydrogen (secondary N) is 1. The van der Waals surface area contributed by atoms with E-state index in [4.69, 9.17) is 11.6 Å². The minimum Gasteiger partial charge on any atom is -0.215 e. The Hall–Kier alpha value is -0.580. The molecule has 1 aromatic carbocycles. The molecule has 5 heteroatoms. The van der Waals surface area contributed by atoms with Gasteiger partial charge in [0.15, 0.2) is 0 Å². The van der Waals surface area contributed by atoms with Crippen molar-refractivity contribution >= 4 is 21.6 Å². The van der Waals surface area contributed by atoms with E-state index in [0.29, 0.717) is 24.3 Å². The molecule has 2 unspecified atom stereocenters. The summed E-state index contributed by atoms with van der Waals surface area (Å²) in [7, 11) is -3.26. The maximum absolute atomic E-state index is 12.1. The van der Waals surface area contributed by atoms with E-state index in [-0.39, 0.29) is 5.75 Å². The highest BCUT2D eigenvalue weighted by atomic mass is 35.5. The first-order valence-corrected chi connectivity index (χ1v) is 9.36. The van der Waals surface area contributed by atoms with Crippen LogP contribution in [-0.2, 0) is 15.8 Å². The van der Waals surface area contributed by atoms with Gasteiger partial charge in [0, 0.05) is 12.4 Å². The first-order valence-electron chi connectivity index (χ1n) is 7.18. The van der Waals surface area contributed by atoms with Gasteiger partial charge in [-0.3, -0.25) is 0 Å². The van der Waals surface area contributed by atoms with Gasteiger partial charge in [0.25, 0.3) is 0 Å². The van der Waals surface area contributed by atoms with E-state index in [1.165, 1.54) is 12.8 Å². The van der Waals surface area contributed by atoms with Crippen molar-refractivity contribution in [2.24, 2.45) is 11.8 Å². The van der Waals surface area contributed by atoms with Crippen LogP contribution in [0.2, 0.25) is 0 Å². The lowest BCUT2D eigenvalue weighted by atomic mass is 9.80. The van der Waals surface area contributed by atoms with Crippen LogP contribution in [0.4, 0.5) is 0 Å². The maximum Gasteiger partial charge on any atom is 0.215 e. The Labute approximate surface area is 126 Å². The number of rotatable bonds is 6. The molecule has 0 heterocycles. The molecule has 1 aliphatic carbocycles. The smallest absolute Gasteiger partial charge is 0.215 e. The van der Waals surface area contributed by atoms with Crippen LogP contribution in [0.3, 0.4) is 0 Å². The van der Waals surface area contributed by atoms with Crippen LogP contribution in [-0.4, -0.2) is 20.8 Å². The number of sulfonamides is 1. The minimum absolute atomic E-state index is 0.0477. The molecular weight excluding hydrogens is 294 g/mol. The van der Waals surface area contributed by atoms with Crippen LogP contribution in [0.15, 0.2) is 30.3 Å². The largest absolute Gasteiger partial charge is 0.215 e. The number of hydrogen-bond donors (Lipinski definition) is 1. The number of halogens is 1. The van der Waals surface area contributed by atoms with Gasteiger partial charge in [-0.05, 0) is 30.2 Å². The van der Waals surface area contributed by atoms with Gasteiger partial charge in [-0.1, -0.05) is 43.2 Å². The predicted octanol–water partition coefficient (Wildman–Crippen LogP) is 3.15. The summed E-state index contributed by atoms with van der Waals surface area (Å²) in [6.45, 7) is 0.520. The van der Waals surface area contributed by atoms with Crippen molar-refractivity contribution in [1.29, 1.82) is 0 Å². The second-order valence-electron chi connectivity index (χ2n) is 5.55. The molecule has 3 nitrogen and oxygen atoms in total. The molecule has 0 radical (unpaired) electrons. The maximum atomic E-state index is 12.1. The third-order valence-corrected chi connectivity index (χ3v) is 5.75. The van der Waals surface area contributed by atoms with Gasteiger partial charge >= 0.3 is 0 Å². The van der Waals surface area contributed by atoms with Gasteiger partial charge in [0.1, 0.15) is 0 Å². The third kappa shape index (κ3) is 4.76. The van der Waals surface area contributed by atoms with Gasteiger partial charge in [-0.2, -0.15) is 0 Å². The molecule has 0 aromatic heterocycles. The van der Waals surface area contributed by atoms with E-state index < -0.39 is 10.0 Å². The van der Waals surface area contributed by atoms with Crippen LogP contribution in [0.5, 0.6) is 0 Å². The lowest BCUT2D eigenvalue weighted by molar-refractivity contribution is 0.260. The quantitative estimate of drug-likeness (QED) is 0.820. The molecule has 0 saturated heterocycles. The van der Waals surface area contributed by atoms with Gasteiger partial charge in [-0.15, -0.1) is 11.6 Å². The average Bonchev–Trinajstić information content (AvgIpc) is 2.46. The summed E-state index contributed by atoms with van der Waals surface area (Å²) in [5, 5.41) is 0. The Bertz CT molecular complexity index is 504. The summed E-state index contributed by atoms with van der Waals surface area (Å²) in [5.74, 6) is 1.51. The predicted molar refractivity (Wildman–Crippen MR) is 83.2 cm³/mol. The molecule has 20 heavy (non-hydrogen) atoms. The highest BCUT2D eigenvalue weighted by Gasteiger charge is 2.25. The summed E-state index contributed by atoms with van der Waals surface area (Å²) >= 11 is 5.98. The normalized spacial score (nSPS) is 23.6. The van der Waals surface area contributed by atoms with E-state index >= 15 is 0 Å². The Morgan fingerprint density at radius 1 is 1.10 bits per heavy atom. The highest BCUT2D eigenvalue weighted by molar-refractivity contribution is 7.88. The topological polar surface area (TPSA) is 46.2 Å². The zero-order chi connectivity index (χ0) is 14.4. The summed E-state index contributed by atoms with van der Waals surface area (Å²) in [6.07, 6.45) is 4.59. The SMILES string of the molecule is O=S(=O)(Cc1ccccc1)NCC1CCCCC1CCl. The summed E-state index contributed by atoms with van der Waals surface area (Å²) in [4.78, 5) is 0. The molecule has 1 saturated carbocycles. The lowest BCUT2D eigenvalue weighted by Crippen LogP contribution is -2.35. The fourth-order valence-corrected chi connectivity index (χ4v) is 4.44. The lowest BCUT2D eigenvalue weighted by Gasteiger charge is -2.30. The first kappa shape index (κ1) is 15.8. The number of alkyl halides is 1. The van der Waals surface area contributed by atoms with E-state index in [2.05, 4.69) is 4.72 Å². The van der Waals surface area contributed by atoms with Gasteiger partial charge in [0.2, 0.25) is 10.0 Å².